The van der Waals surface area contributed by atoms with Crippen molar-refractivity contribution in [1.29, 1.82) is 0 Å². The zero-order chi connectivity index (χ0) is 28.5. The average Bonchev–Trinajstić information content (AvgIpc) is 2.98. The number of hydrogen-bond donors (Lipinski definition) is 2. The Hall–Kier alpha value is -4.17. The maximum absolute atomic E-state index is 14.8. The van der Waals surface area contributed by atoms with Gasteiger partial charge in [0.2, 0.25) is 19.7 Å². The van der Waals surface area contributed by atoms with Crippen LogP contribution in [0.1, 0.15) is 0 Å². The summed E-state index contributed by atoms with van der Waals surface area (Å²) in [6, 6.07) is 30.6. The van der Waals surface area contributed by atoms with Gasteiger partial charge < -0.3 is 14.8 Å². The largest absolute Gasteiger partial charge is 0.508 e. The Kier molecular flexibility index (Phi) is 7.14. The minimum Gasteiger partial charge on any atom is -0.508 e. The number of aromatic hydroxyl groups is 2. The first-order valence-electron chi connectivity index (χ1n) is 12.0. The normalized spacial score (nSPS) is 12.2. The maximum atomic E-state index is 14.8. The molecule has 0 aliphatic carbocycles. The second-order valence-corrected chi connectivity index (χ2v) is 15.6. The molecule has 0 aromatic heterocycles. The Balaban J connectivity index is 1.56. The molecule has 0 saturated heterocycles. The van der Waals surface area contributed by atoms with Gasteiger partial charge in [-0.15, -0.1) is 0 Å². The molecule has 0 saturated carbocycles. The minimum absolute atomic E-state index is 0.00288. The van der Waals surface area contributed by atoms with E-state index in [2.05, 4.69) is 0 Å². The topological polar surface area (TPSA) is 126 Å². The molecule has 5 aromatic carbocycles. The van der Waals surface area contributed by atoms with E-state index in [0.29, 0.717) is 15.9 Å². The van der Waals surface area contributed by atoms with E-state index in [-0.39, 0.29) is 31.1 Å². The van der Waals surface area contributed by atoms with Gasteiger partial charge in [0.1, 0.15) is 11.5 Å². The summed E-state index contributed by atoms with van der Waals surface area (Å²) >= 11 is 0. The van der Waals surface area contributed by atoms with Crippen LogP contribution in [0.25, 0.3) is 0 Å². The van der Waals surface area contributed by atoms with E-state index < -0.39 is 26.8 Å². The lowest BCUT2D eigenvalue weighted by Crippen LogP contribution is -2.25. The summed E-state index contributed by atoms with van der Waals surface area (Å²) in [7, 11) is -11.3. The van der Waals surface area contributed by atoms with Crippen molar-refractivity contribution < 1.29 is 31.6 Å². The van der Waals surface area contributed by atoms with Crippen LogP contribution in [0, 0.1) is 0 Å². The third-order valence-corrected chi connectivity index (χ3v) is 13.1. The first kappa shape index (κ1) is 27.4. The van der Waals surface area contributed by atoms with Gasteiger partial charge in [-0.1, -0.05) is 30.3 Å². The SMILES string of the molecule is O=P(c1ccccc1)(c1ccc(S(=O)(=O)c2ccc(O)cc2)cc1)c1ccc(S(=O)(=O)c2ccc(O)cc2)cc1. The number of hydrogen-bond acceptors (Lipinski definition) is 7. The van der Waals surface area contributed by atoms with Gasteiger partial charge >= 0.3 is 0 Å². The maximum Gasteiger partial charge on any atom is 0.206 e. The zero-order valence-corrected chi connectivity index (χ0v) is 23.4. The van der Waals surface area contributed by atoms with Crippen LogP contribution in [0.2, 0.25) is 0 Å². The molecule has 5 aromatic rings. The lowest BCUT2D eigenvalue weighted by molar-refractivity contribution is 0.474. The summed E-state index contributed by atoms with van der Waals surface area (Å²) in [6.07, 6.45) is 0. The van der Waals surface area contributed by atoms with Crippen LogP contribution in [0.3, 0.4) is 0 Å². The van der Waals surface area contributed by atoms with Crippen molar-refractivity contribution in [2.45, 2.75) is 19.6 Å². The van der Waals surface area contributed by atoms with Crippen LogP contribution < -0.4 is 15.9 Å². The Morgan fingerprint density at radius 1 is 0.400 bits per heavy atom. The smallest absolute Gasteiger partial charge is 0.206 e. The van der Waals surface area contributed by atoms with E-state index in [1.54, 1.807) is 30.3 Å². The molecule has 0 aliphatic rings. The van der Waals surface area contributed by atoms with Crippen molar-refractivity contribution in [2.24, 2.45) is 0 Å². The Labute approximate surface area is 232 Å². The third kappa shape index (κ3) is 4.95. The molecule has 0 radical (unpaired) electrons. The summed E-state index contributed by atoms with van der Waals surface area (Å²) in [5.74, 6) is -0.111. The molecule has 40 heavy (non-hydrogen) atoms. The molecule has 0 spiro atoms. The highest BCUT2D eigenvalue weighted by Crippen LogP contribution is 2.43. The zero-order valence-electron chi connectivity index (χ0n) is 20.8. The molecule has 10 heteroatoms. The van der Waals surface area contributed by atoms with Crippen LogP contribution >= 0.6 is 7.14 Å². The summed E-state index contributed by atoms with van der Waals surface area (Å²) in [5.41, 5.74) is 0. The van der Waals surface area contributed by atoms with Crippen molar-refractivity contribution in [2.75, 3.05) is 0 Å². The molecule has 0 bridgehead atoms. The summed E-state index contributed by atoms with van der Waals surface area (Å²) in [4.78, 5) is 0.0122. The highest BCUT2D eigenvalue weighted by atomic mass is 32.2. The van der Waals surface area contributed by atoms with Crippen LogP contribution in [0.5, 0.6) is 11.5 Å². The van der Waals surface area contributed by atoms with Gasteiger partial charge in [0.15, 0.2) is 7.14 Å². The van der Waals surface area contributed by atoms with E-state index in [1.165, 1.54) is 97.1 Å². The first-order valence-corrected chi connectivity index (χ1v) is 16.7. The van der Waals surface area contributed by atoms with Gasteiger partial charge in [0.05, 0.1) is 19.6 Å². The fourth-order valence-corrected chi connectivity index (χ4v) is 9.42. The minimum atomic E-state index is -3.88. The number of benzene rings is 5. The molecule has 0 amide bonds. The van der Waals surface area contributed by atoms with E-state index in [4.69, 9.17) is 0 Å². The highest BCUT2D eigenvalue weighted by Gasteiger charge is 2.31. The standard InChI is InChI=1S/C30H23O7PS2/c31-22-6-14-27(15-7-22)39(34,35)29-18-10-25(11-19-29)38(33,24-4-2-1-3-5-24)26-12-20-30(21-13-26)40(36,37)28-16-8-23(32)9-17-28/h1-21,31-32H. The molecule has 5 rings (SSSR count). The molecule has 0 atom stereocenters. The molecule has 2 N–H and O–H groups in total. The molecule has 0 fully saturated rings. The van der Waals surface area contributed by atoms with Crippen molar-refractivity contribution in [3.63, 3.8) is 0 Å². The van der Waals surface area contributed by atoms with E-state index in [1.807, 2.05) is 0 Å². The number of sulfone groups is 2. The fourth-order valence-electron chi connectivity index (χ4n) is 4.28. The number of phenolic OH excluding ortho intramolecular Hbond substituents is 2. The van der Waals surface area contributed by atoms with Crippen LogP contribution in [-0.2, 0) is 24.2 Å². The van der Waals surface area contributed by atoms with Crippen molar-refractivity contribution >= 4 is 42.7 Å². The summed E-state index contributed by atoms with van der Waals surface area (Å²) in [5, 5.41) is 20.2. The molecule has 7 nitrogen and oxygen atoms in total. The van der Waals surface area contributed by atoms with Crippen LogP contribution in [-0.4, -0.2) is 27.0 Å². The van der Waals surface area contributed by atoms with Gasteiger partial charge in [0, 0.05) is 15.9 Å². The van der Waals surface area contributed by atoms with Gasteiger partial charge in [-0.3, -0.25) is 0 Å². The Morgan fingerprint density at radius 3 is 1.00 bits per heavy atom. The van der Waals surface area contributed by atoms with Crippen LogP contribution in [0.15, 0.2) is 147 Å². The number of phenols is 2. The number of rotatable bonds is 7. The molecule has 0 heterocycles. The monoisotopic (exact) mass is 590 g/mol. The Morgan fingerprint density at radius 2 is 0.675 bits per heavy atom. The third-order valence-electron chi connectivity index (χ3n) is 6.44. The van der Waals surface area contributed by atoms with Gasteiger partial charge in [-0.05, 0) is 97.1 Å². The summed E-state index contributed by atoms with van der Waals surface area (Å²) in [6.45, 7) is 0. The summed E-state index contributed by atoms with van der Waals surface area (Å²) < 4.78 is 67.2. The first-order chi connectivity index (χ1) is 19.0. The van der Waals surface area contributed by atoms with Crippen LogP contribution in [0.4, 0.5) is 0 Å². The van der Waals surface area contributed by atoms with Crippen molar-refractivity contribution in [1.82, 2.24) is 0 Å². The van der Waals surface area contributed by atoms with Gasteiger partial charge in [0.25, 0.3) is 0 Å². The fraction of sp³-hybridized carbons (Fsp3) is 0. The predicted molar refractivity (Wildman–Crippen MR) is 153 cm³/mol. The quantitative estimate of drug-likeness (QED) is 0.269. The highest BCUT2D eigenvalue weighted by molar-refractivity contribution is 7.92. The Bertz CT molecular complexity index is 1800. The van der Waals surface area contributed by atoms with E-state index >= 15 is 0 Å². The molecule has 0 aliphatic heterocycles. The second-order valence-electron chi connectivity index (χ2n) is 8.93. The molecular weight excluding hydrogens is 567 g/mol. The predicted octanol–water partition coefficient (Wildman–Crippen LogP) is 4.40. The van der Waals surface area contributed by atoms with E-state index in [0.717, 1.165) is 0 Å². The lowest BCUT2D eigenvalue weighted by Gasteiger charge is -2.20. The lowest BCUT2D eigenvalue weighted by atomic mass is 10.3. The second kappa shape index (κ2) is 10.4. The van der Waals surface area contributed by atoms with Crippen molar-refractivity contribution in [3.05, 3.63) is 127 Å². The average molecular weight is 591 g/mol. The molecular formula is C30H23O7PS2. The van der Waals surface area contributed by atoms with Gasteiger partial charge in [-0.25, -0.2) is 16.8 Å². The molecule has 202 valence electrons. The van der Waals surface area contributed by atoms with Gasteiger partial charge in [-0.2, -0.15) is 0 Å². The molecule has 0 unspecified atom stereocenters. The van der Waals surface area contributed by atoms with Crippen molar-refractivity contribution in [3.8, 4) is 11.5 Å². The van der Waals surface area contributed by atoms with E-state index in [9.17, 15) is 31.6 Å².